The summed E-state index contributed by atoms with van der Waals surface area (Å²) in [5.74, 6) is 0.860. The van der Waals surface area contributed by atoms with Crippen LogP contribution in [0.2, 0.25) is 36.3 Å². The third-order valence-corrected chi connectivity index (χ3v) is 19.4. The summed E-state index contributed by atoms with van der Waals surface area (Å²) in [6.07, 6.45) is 17.1. The molecule has 0 fully saturated rings. The van der Waals surface area contributed by atoms with Gasteiger partial charge in [-0.1, -0.05) is 111 Å². The summed E-state index contributed by atoms with van der Waals surface area (Å²) in [4.78, 5) is 11.5. The van der Waals surface area contributed by atoms with Crippen LogP contribution >= 0.6 is 0 Å². The van der Waals surface area contributed by atoms with Gasteiger partial charge in [0.25, 0.3) is 0 Å². The molecule has 0 heterocycles. The second kappa shape index (κ2) is 17.1. The minimum Gasteiger partial charge on any atom is -0.469 e. The fourth-order valence-corrected chi connectivity index (χ4v) is 8.06. The quantitative estimate of drug-likeness (QED) is 0.0660. The monoisotopic (exact) mass is 622 g/mol. The van der Waals surface area contributed by atoms with E-state index in [-0.39, 0.29) is 28.3 Å². The van der Waals surface area contributed by atoms with Gasteiger partial charge in [-0.25, -0.2) is 0 Å². The van der Waals surface area contributed by atoms with Crippen molar-refractivity contribution in [1.29, 1.82) is 0 Å². The van der Waals surface area contributed by atoms with Crippen molar-refractivity contribution in [3.63, 3.8) is 0 Å². The summed E-state index contributed by atoms with van der Waals surface area (Å²) in [6.45, 7) is 30.6. The summed E-state index contributed by atoms with van der Waals surface area (Å²) >= 11 is 0. The number of carbonyl (C=O) groups excluding carboxylic acids is 1. The van der Waals surface area contributed by atoms with Gasteiger partial charge in [-0.15, -0.1) is 0 Å². The van der Waals surface area contributed by atoms with Crippen molar-refractivity contribution in [1.82, 2.24) is 0 Å². The van der Waals surface area contributed by atoms with E-state index in [4.69, 9.17) is 13.6 Å². The molecule has 0 amide bonds. The molecule has 4 atom stereocenters. The van der Waals surface area contributed by atoms with E-state index in [1.54, 1.807) is 5.57 Å². The molecule has 0 saturated heterocycles. The zero-order valence-electron chi connectivity index (χ0n) is 30.4. The molecule has 0 unspecified atom stereocenters. The molecule has 246 valence electrons. The Hall–Kier alpha value is -0.696. The first-order valence-electron chi connectivity index (χ1n) is 17.0. The maximum atomic E-state index is 11.5. The summed E-state index contributed by atoms with van der Waals surface area (Å²) < 4.78 is 19.0. The molecule has 0 aliphatic heterocycles. The van der Waals surface area contributed by atoms with Gasteiger partial charge in [-0.3, -0.25) is 4.79 Å². The number of hydrogen-bond acceptors (Lipinski definition) is 4. The average molecular weight is 623 g/mol. The smallest absolute Gasteiger partial charge is 0.305 e. The lowest BCUT2D eigenvalue weighted by atomic mass is 9.92. The minimum atomic E-state index is -1.92. The van der Waals surface area contributed by atoms with Crippen molar-refractivity contribution in [3.8, 4) is 0 Å². The highest BCUT2D eigenvalue weighted by atomic mass is 28.4. The number of esters is 1. The molecule has 1 aliphatic carbocycles. The van der Waals surface area contributed by atoms with Gasteiger partial charge in [0.05, 0.1) is 19.3 Å². The van der Waals surface area contributed by atoms with Crippen LogP contribution < -0.4 is 0 Å². The van der Waals surface area contributed by atoms with Crippen LogP contribution in [0.1, 0.15) is 133 Å². The van der Waals surface area contributed by atoms with E-state index in [0.29, 0.717) is 18.3 Å². The Kier molecular flexibility index (Phi) is 16.0. The van der Waals surface area contributed by atoms with Crippen LogP contribution in [0, 0.1) is 11.8 Å². The molecule has 0 aromatic rings. The first-order chi connectivity index (χ1) is 19.3. The Bertz CT molecular complexity index is 876. The second-order valence-corrected chi connectivity index (χ2v) is 25.7. The molecule has 0 aromatic carbocycles. The first-order valence-corrected chi connectivity index (χ1v) is 22.9. The Balaban J connectivity index is 3.23. The lowest BCUT2D eigenvalue weighted by molar-refractivity contribution is -0.140. The third kappa shape index (κ3) is 12.7. The predicted molar refractivity (Wildman–Crippen MR) is 187 cm³/mol. The maximum absolute atomic E-state index is 11.5. The van der Waals surface area contributed by atoms with E-state index in [2.05, 4.69) is 101 Å². The SMILES string of the molecule is CCCC[C@@H](C)C[C@@H](C=C[C@@H]1C(CCCCCCC(=O)OC)=C(C)C[C@H]1O[Si](C)(C)C(C)(C)C)O[Si](C)(C)C(C)(C)C. The fourth-order valence-electron chi connectivity index (χ4n) is 5.43. The highest BCUT2D eigenvalue weighted by Crippen LogP contribution is 2.45. The van der Waals surface area contributed by atoms with E-state index >= 15 is 0 Å². The standard InChI is InChI=1S/C36H70O4Si2/c1-15-16-21-28(2)26-30(39-41(11,12)35(4,5)6)24-25-32-31(22-19-17-18-20-23-34(37)38-10)29(3)27-33(32)40-42(13,14)36(7,8)9/h24-25,28,30,32-33H,15-23,26-27H2,1-14H3/t28-,30-,32-,33-/m1/s1. The zero-order valence-corrected chi connectivity index (χ0v) is 32.4. The van der Waals surface area contributed by atoms with Gasteiger partial charge < -0.3 is 13.6 Å². The van der Waals surface area contributed by atoms with Gasteiger partial charge in [-0.05, 0) is 81.2 Å². The molecule has 0 radical (unpaired) electrons. The number of methoxy groups -OCH3 is 1. The molecule has 6 heteroatoms. The molecule has 1 aliphatic rings. The molecular formula is C36H70O4Si2. The minimum absolute atomic E-state index is 0.0985. The molecule has 1 rings (SSSR count). The normalized spacial score (nSPS) is 20.4. The Morgan fingerprint density at radius 2 is 1.55 bits per heavy atom. The van der Waals surface area contributed by atoms with Crippen LogP contribution in [0.4, 0.5) is 0 Å². The largest absolute Gasteiger partial charge is 0.469 e. The summed E-state index contributed by atoms with van der Waals surface area (Å²) in [5.41, 5.74) is 3.09. The van der Waals surface area contributed by atoms with Gasteiger partial charge in [0.2, 0.25) is 0 Å². The van der Waals surface area contributed by atoms with Crippen LogP contribution in [-0.4, -0.2) is 41.9 Å². The molecule has 0 spiro atoms. The van der Waals surface area contributed by atoms with E-state index in [1.165, 1.54) is 31.9 Å². The molecule has 0 saturated carbocycles. The van der Waals surface area contributed by atoms with Crippen molar-refractivity contribution in [2.24, 2.45) is 11.8 Å². The number of ether oxygens (including phenoxy) is 1. The van der Waals surface area contributed by atoms with E-state index in [0.717, 1.165) is 44.9 Å². The molecule has 0 bridgehead atoms. The van der Waals surface area contributed by atoms with Crippen molar-refractivity contribution < 1.29 is 18.4 Å². The fraction of sp³-hybridized carbons (Fsp3) is 0.861. The predicted octanol–water partition coefficient (Wildman–Crippen LogP) is 11.4. The molecule has 0 aromatic heterocycles. The molecular weight excluding hydrogens is 553 g/mol. The van der Waals surface area contributed by atoms with Crippen LogP contribution in [0.5, 0.6) is 0 Å². The topological polar surface area (TPSA) is 44.8 Å². The summed E-state index contributed by atoms with van der Waals surface area (Å²) in [6, 6.07) is 0. The van der Waals surface area contributed by atoms with Crippen LogP contribution in [0.25, 0.3) is 0 Å². The zero-order chi connectivity index (χ0) is 32.4. The number of unbranched alkanes of at least 4 members (excludes halogenated alkanes) is 4. The van der Waals surface area contributed by atoms with Gasteiger partial charge in [0, 0.05) is 12.3 Å². The van der Waals surface area contributed by atoms with Gasteiger partial charge in [0.1, 0.15) is 0 Å². The number of carbonyl (C=O) groups is 1. The van der Waals surface area contributed by atoms with Crippen LogP contribution in [0.15, 0.2) is 23.3 Å². The number of rotatable bonds is 18. The molecule has 0 N–H and O–H groups in total. The van der Waals surface area contributed by atoms with Gasteiger partial charge >= 0.3 is 5.97 Å². The van der Waals surface area contributed by atoms with Crippen LogP contribution in [0.3, 0.4) is 0 Å². The Labute approximate surface area is 264 Å². The first kappa shape index (κ1) is 39.3. The van der Waals surface area contributed by atoms with Gasteiger partial charge in [-0.2, -0.15) is 0 Å². The van der Waals surface area contributed by atoms with Crippen molar-refractivity contribution in [2.75, 3.05) is 7.11 Å². The Morgan fingerprint density at radius 3 is 2.10 bits per heavy atom. The average Bonchev–Trinajstić information content (AvgIpc) is 3.14. The van der Waals surface area contributed by atoms with E-state index < -0.39 is 16.6 Å². The maximum Gasteiger partial charge on any atom is 0.305 e. The summed E-state index contributed by atoms with van der Waals surface area (Å²) in [5, 5.41) is 0.364. The molecule has 42 heavy (non-hydrogen) atoms. The Morgan fingerprint density at radius 1 is 0.952 bits per heavy atom. The van der Waals surface area contributed by atoms with E-state index in [9.17, 15) is 4.79 Å². The van der Waals surface area contributed by atoms with Crippen LogP contribution in [-0.2, 0) is 18.4 Å². The van der Waals surface area contributed by atoms with Crippen molar-refractivity contribution >= 4 is 22.6 Å². The second-order valence-electron chi connectivity index (χ2n) is 16.2. The third-order valence-electron chi connectivity index (χ3n) is 10.4. The highest BCUT2D eigenvalue weighted by Gasteiger charge is 2.43. The highest BCUT2D eigenvalue weighted by molar-refractivity contribution is 6.74. The van der Waals surface area contributed by atoms with Crippen molar-refractivity contribution in [3.05, 3.63) is 23.3 Å². The van der Waals surface area contributed by atoms with E-state index in [1.807, 2.05) is 0 Å². The lowest BCUT2D eigenvalue weighted by Crippen LogP contribution is -2.45. The van der Waals surface area contributed by atoms with Gasteiger partial charge in [0.15, 0.2) is 16.6 Å². The molecule has 4 nitrogen and oxygen atoms in total. The lowest BCUT2D eigenvalue weighted by Gasteiger charge is -2.40. The van der Waals surface area contributed by atoms with Crippen molar-refractivity contribution in [2.45, 2.75) is 181 Å². The number of hydrogen-bond donors (Lipinski definition) is 0. The summed E-state index contributed by atoms with van der Waals surface area (Å²) in [7, 11) is -2.37.